The molecule has 1 aliphatic rings. The molecule has 1 heterocycles. The largest absolute Gasteiger partial charge is 0.384 e. The van der Waals surface area contributed by atoms with E-state index >= 15 is 0 Å². The van der Waals surface area contributed by atoms with E-state index < -0.39 is 0 Å². The number of anilines is 1. The third-order valence-corrected chi connectivity index (χ3v) is 3.74. The van der Waals surface area contributed by atoms with Crippen LogP contribution in [-0.2, 0) is 0 Å². The quantitative estimate of drug-likeness (QED) is 0.813. The normalized spacial score (nSPS) is 14.7. The summed E-state index contributed by atoms with van der Waals surface area (Å²) in [6.45, 7) is 3.07. The van der Waals surface area contributed by atoms with Gasteiger partial charge in [-0.05, 0) is 44.7 Å². The van der Waals surface area contributed by atoms with Gasteiger partial charge >= 0.3 is 0 Å². The molecule has 0 atom stereocenters. The van der Waals surface area contributed by atoms with Gasteiger partial charge in [0, 0.05) is 23.3 Å². The maximum Gasteiger partial charge on any atom is 0.0725 e. The first-order valence-electron chi connectivity index (χ1n) is 7.11. The van der Waals surface area contributed by atoms with Gasteiger partial charge < -0.3 is 5.32 Å². The maximum absolute atomic E-state index is 4.57. The second kappa shape index (κ2) is 5.43. The minimum Gasteiger partial charge on any atom is -0.384 e. The van der Waals surface area contributed by atoms with Crippen molar-refractivity contribution in [2.75, 3.05) is 11.9 Å². The number of rotatable bonds is 4. The lowest BCUT2D eigenvalue weighted by Gasteiger charge is -2.11. The molecule has 0 fully saturated rings. The van der Waals surface area contributed by atoms with Crippen LogP contribution in [-0.4, -0.2) is 11.5 Å². The summed E-state index contributed by atoms with van der Waals surface area (Å²) in [6.07, 6.45) is 7.46. The van der Waals surface area contributed by atoms with Gasteiger partial charge in [0.25, 0.3) is 0 Å². The highest BCUT2D eigenvalue weighted by molar-refractivity contribution is 5.91. The SMILES string of the molecule is Cc1cc(NCCC2=CCCC2)c2ccccc2n1. The fourth-order valence-electron chi connectivity index (χ4n) is 2.78. The zero-order valence-corrected chi connectivity index (χ0v) is 11.4. The van der Waals surface area contributed by atoms with Crippen molar-refractivity contribution in [3.8, 4) is 0 Å². The van der Waals surface area contributed by atoms with Gasteiger partial charge in [0.1, 0.15) is 0 Å². The molecule has 1 aromatic heterocycles. The monoisotopic (exact) mass is 252 g/mol. The van der Waals surface area contributed by atoms with Crippen LogP contribution in [0.5, 0.6) is 0 Å². The first-order valence-corrected chi connectivity index (χ1v) is 7.11. The number of fused-ring (bicyclic) bond motifs is 1. The van der Waals surface area contributed by atoms with E-state index in [9.17, 15) is 0 Å². The van der Waals surface area contributed by atoms with Crippen molar-refractivity contribution in [1.29, 1.82) is 0 Å². The number of nitrogens with one attached hydrogen (secondary N) is 1. The Balaban J connectivity index is 1.76. The first-order chi connectivity index (χ1) is 9.33. The molecule has 0 aliphatic heterocycles. The molecule has 2 nitrogen and oxygen atoms in total. The molecule has 2 heteroatoms. The third kappa shape index (κ3) is 2.78. The molecule has 0 spiro atoms. The van der Waals surface area contributed by atoms with E-state index in [4.69, 9.17) is 0 Å². The summed E-state index contributed by atoms with van der Waals surface area (Å²) >= 11 is 0. The Bertz CT molecular complexity index is 614. The number of nitrogens with zero attached hydrogens (tertiary/aromatic N) is 1. The van der Waals surface area contributed by atoms with Crippen molar-refractivity contribution in [2.24, 2.45) is 0 Å². The number of hydrogen-bond donors (Lipinski definition) is 1. The summed E-state index contributed by atoms with van der Waals surface area (Å²) < 4.78 is 0. The summed E-state index contributed by atoms with van der Waals surface area (Å²) in [5, 5.41) is 4.79. The molecule has 0 bridgehead atoms. The van der Waals surface area contributed by atoms with Gasteiger partial charge in [-0.1, -0.05) is 29.8 Å². The smallest absolute Gasteiger partial charge is 0.0725 e. The Morgan fingerprint density at radius 2 is 2.16 bits per heavy atom. The van der Waals surface area contributed by atoms with E-state index in [2.05, 4.69) is 47.6 Å². The van der Waals surface area contributed by atoms with Crippen molar-refractivity contribution in [3.63, 3.8) is 0 Å². The van der Waals surface area contributed by atoms with Crippen LogP contribution in [0.3, 0.4) is 0 Å². The Morgan fingerprint density at radius 1 is 1.26 bits per heavy atom. The molecular weight excluding hydrogens is 232 g/mol. The molecule has 0 unspecified atom stereocenters. The number of aryl methyl sites for hydroxylation is 1. The molecule has 1 aromatic carbocycles. The summed E-state index contributed by atoms with van der Waals surface area (Å²) in [7, 11) is 0. The minimum absolute atomic E-state index is 1.01. The van der Waals surface area contributed by atoms with E-state index in [0.29, 0.717) is 0 Å². The van der Waals surface area contributed by atoms with Crippen molar-refractivity contribution in [3.05, 3.63) is 47.7 Å². The van der Waals surface area contributed by atoms with Crippen molar-refractivity contribution < 1.29 is 0 Å². The van der Waals surface area contributed by atoms with Crippen LogP contribution in [0.2, 0.25) is 0 Å². The van der Waals surface area contributed by atoms with E-state index in [1.807, 2.05) is 6.07 Å². The topological polar surface area (TPSA) is 24.9 Å². The van der Waals surface area contributed by atoms with E-state index in [-0.39, 0.29) is 0 Å². The highest BCUT2D eigenvalue weighted by Gasteiger charge is 2.06. The van der Waals surface area contributed by atoms with Crippen molar-refractivity contribution in [2.45, 2.75) is 32.6 Å². The van der Waals surface area contributed by atoms with Gasteiger partial charge in [-0.25, -0.2) is 0 Å². The zero-order chi connectivity index (χ0) is 13.1. The number of allylic oxidation sites excluding steroid dienone is 1. The van der Waals surface area contributed by atoms with Crippen LogP contribution in [0.15, 0.2) is 42.0 Å². The number of para-hydroxylation sites is 1. The first kappa shape index (κ1) is 12.2. The fourth-order valence-corrected chi connectivity index (χ4v) is 2.78. The number of aromatic nitrogens is 1. The van der Waals surface area contributed by atoms with Gasteiger partial charge in [0.15, 0.2) is 0 Å². The second-order valence-electron chi connectivity index (χ2n) is 5.26. The Labute approximate surface area is 114 Å². The standard InChI is InChI=1S/C17H20N2/c1-13-12-17(15-8-4-5-9-16(15)19-13)18-11-10-14-6-2-3-7-14/h4-6,8-9,12H,2-3,7,10-11H2,1H3,(H,18,19). The highest BCUT2D eigenvalue weighted by atomic mass is 14.9. The molecule has 3 rings (SSSR count). The number of benzene rings is 1. The van der Waals surface area contributed by atoms with Gasteiger partial charge in [-0.15, -0.1) is 0 Å². The predicted molar refractivity (Wildman–Crippen MR) is 81.5 cm³/mol. The van der Waals surface area contributed by atoms with Gasteiger partial charge in [-0.2, -0.15) is 0 Å². The average Bonchev–Trinajstić information content (AvgIpc) is 2.91. The van der Waals surface area contributed by atoms with Crippen LogP contribution < -0.4 is 5.32 Å². The summed E-state index contributed by atoms with van der Waals surface area (Å²) in [5.74, 6) is 0. The summed E-state index contributed by atoms with van der Waals surface area (Å²) in [6, 6.07) is 10.5. The minimum atomic E-state index is 1.01. The molecular formula is C17H20N2. The molecule has 19 heavy (non-hydrogen) atoms. The molecule has 98 valence electrons. The van der Waals surface area contributed by atoms with Crippen LogP contribution in [0.25, 0.3) is 10.9 Å². The van der Waals surface area contributed by atoms with E-state index in [1.165, 1.54) is 30.3 Å². The van der Waals surface area contributed by atoms with Crippen LogP contribution in [0.1, 0.15) is 31.4 Å². The van der Waals surface area contributed by atoms with Gasteiger partial charge in [0.05, 0.1) is 5.52 Å². The Hall–Kier alpha value is -1.83. The molecule has 1 aliphatic carbocycles. The molecule has 0 radical (unpaired) electrons. The number of pyridine rings is 1. The lowest BCUT2D eigenvalue weighted by molar-refractivity contribution is 0.863. The van der Waals surface area contributed by atoms with Crippen LogP contribution in [0, 0.1) is 6.92 Å². The summed E-state index contributed by atoms with van der Waals surface area (Å²) in [4.78, 5) is 4.57. The van der Waals surface area contributed by atoms with Crippen LogP contribution in [0.4, 0.5) is 5.69 Å². The second-order valence-corrected chi connectivity index (χ2v) is 5.26. The lowest BCUT2D eigenvalue weighted by Crippen LogP contribution is -2.03. The van der Waals surface area contributed by atoms with Crippen molar-refractivity contribution >= 4 is 16.6 Å². The fraction of sp³-hybridized carbons (Fsp3) is 0.353. The zero-order valence-electron chi connectivity index (χ0n) is 11.4. The van der Waals surface area contributed by atoms with Gasteiger partial charge in [-0.3, -0.25) is 4.98 Å². The highest BCUT2D eigenvalue weighted by Crippen LogP contribution is 2.24. The molecule has 0 saturated carbocycles. The van der Waals surface area contributed by atoms with E-state index in [0.717, 1.165) is 24.2 Å². The summed E-state index contributed by atoms with van der Waals surface area (Å²) in [5.41, 5.74) is 4.97. The average molecular weight is 252 g/mol. The third-order valence-electron chi connectivity index (χ3n) is 3.74. The Morgan fingerprint density at radius 3 is 3.00 bits per heavy atom. The molecule has 0 amide bonds. The van der Waals surface area contributed by atoms with E-state index in [1.54, 1.807) is 5.57 Å². The van der Waals surface area contributed by atoms with Crippen LogP contribution >= 0.6 is 0 Å². The van der Waals surface area contributed by atoms with Gasteiger partial charge in [0.2, 0.25) is 0 Å². The molecule has 0 saturated heterocycles. The lowest BCUT2D eigenvalue weighted by atomic mass is 10.1. The predicted octanol–water partition coefficient (Wildman–Crippen LogP) is 4.46. The molecule has 2 aromatic rings. The maximum atomic E-state index is 4.57. The molecule has 1 N–H and O–H groups in total. The Kier molecular flexibility index (Phi) is 3.49. The van der Waals surface area contributed by atoms with Crippen molar-refractivity contribution in [1.82, 2.24) is 4.98 Å². The number of hydrogen-bond acceptors (Lipinski definition) is 2.